The lowest BCUT2D eigenvalue weighted by Gasteiger charge is -2.31. The number of morpholine rings is 1. The van der Waals surface area contributed by atoms with Crippen LogP contribution >= 0.6 is 0 Å². The summed E-state index contributed by atoms with van der Waals surface area (Å²) >= 11 is 0. The van der Waals surface area contributed by atoms with Crippen molar-refractivity contribution >= 4 is 10.0 Å². The topological polar surface area (TPSA) is 71.8 Å². The molecule has 0 aromatic carbocycles. The first-order valence-electron chi connectivity index (χ1n) is 6.44. The highest BCUT2D eigenvalue weighted by atomic mass is 32.2. The molecule has 1 saturated heterocycles. The third-order valence-corrected chi connectivity index (χ3v) is 4.94. The Bertz CT molecular complexity index is 512. The summed E-state index contributed by atoms with van der Waals surface area (Å²) in [5, 5.41) is 3.10. The molecule has 0 saturated carbocycles. The number of hydrogen-bond donors (Lipinski definition) is 1. The van der Waals surface area contributed by atoms with E-state index in [1.54, 1.807) is 6.07 Å². The van der Waals surface area contributed by atoms with E-state index in [4.69, 9.17) is 9.15 Å². The Hall–Kier alpha value is -0.890. The van der Waals surface area contributed by atoms with Crippen LogP contribution in [0.5, 0.6) is 0 Å². The second-order valence-electron chi connectivity index (χ2n) is 4.54. The van der Waals surface area contributed by atoms with Crippen molar-refractivity contribution in [1.82, 2.24) is 9.62 Å². The molecule has 7 heteroatoms. The van der Waals surface area contributed by atoms with E-state index in [2.05, 4.69) is 5.32 Å². The SMILES string of the molecule is CCNCc1ccc(S(=O)(=O)N2CCOCC2C)o1. The highest BCUT2D eigenvalue weighted by Gasteiger charge is 2.33. The monoisotopic (exact) mass is 288 g/mol. The first kappa shape index (κ1) is 14.5. The summed E-state index contributed by atoms with van der Waals surface area (Å²) < 4.78 is 37.0. The highest BCUT2D eigenvalue weighted by molar-refractivity contribution is 7.89. The molecule has 0 spiro atoms. The van der Waals surface area contributed by atoms with Gasteiger partial charge in [0.1, 0.15) is 5.76 Å². The van der Waals surface area contributed by atoms with Gasteiger partial charge in [-0.2, -0.15) is 4.31 Å². The minimum atomic E-state index is -3.56. The van der Waals surface area contributed by atoms with E-state index in [-0.39, 0.29) is 11.1 Å². The van der Waals surface area contributed by atoms with Crippen molar-refractivity contribution in [2.75, 3.05) is 26.3 Å². The molecule has 19 heavy (non-hydrogen) atoms. The lowest BCUT2D eigenvalue weighted by Crippen LogP contribution is -2.46. The molecule has 108 valence electrons. The van der Waals surface area contributed by atoms with Crippen molar-refractivity contribution in [1.29, 1.82) is 0 Å². The van der Waals surface area contributed by atoms with Gasteiger partial charge in [0.05, 0.1) is 19.8 Å². The van der Waals surface area contributed by atoms with Crippen molar-refractivity contribution in [3.05, 3.63) is 17.9 Å². The molecule has 1 aliphatic rings. The van der Waals surface area contributed by atoms with Crippen LogP contribution in [0.25, 0.3) is 0 Å². The zero-order valence-electron chi connectivity index (χ0n) is 11.3. The number of rotatable bonds is 5. The van der Waals surface area contributed by atoms with Crippen LogP contribution in [-0.4, -0.2) is 45.1 Å². The second-order valence-corrected chi connectivity index (χ2v) is 6.36. The van der Waals surface area contributed by atoms with Crippen LogP contribution in [0.4, 0.5) is 0 Å². The van der Waals surface area contributed by atoms with E-state index in [9.17, 15) is 8.42 Å². The van der Waals surface area contributed by atoms with Crippen molar-refractivity contribution in [3.63, 3.8) is 0 Å². The molecule has 0 bridgehead atoms. The lowest BCUT2D eigenvalue weighted by molar-refractivity contribution is 0.0386. The molecule has 1 atom stereocenters. The smallest absolute Gasteiger partial charge is 0.276 e. The normalized spacial score (nSPS) is 21.7. The largest absolute Gasteiger partial charge is 0.447 e. The van der Waals surface area contributed by atoms with Gasteiger partial charge in [-0.25, -0.2) is 8.42 Å². The van der Waals surface area contributed by atoms with Crippen LogP contribution in [0.2, 0.25) is 0 Å². The third-order valence-electron chi connectivity index (χ3n) is 3.06. The molecule has 2 rings (SSSR count). The Kier molecular flexibility index (Phi) is 4.62. The molecule has 1 aliphatic heterocycles. The first-order chi connectivity index (χ1) is 9.05. The van der Waals surface area contributed by atoms with Crippen LogP contribution in [0.15, 0.2) is 21.6 Å². The van der Waals surface area contributed by atoms with E-state index in [0.29, 0.717) is 32.1 Å². The molecule has 1 aromatic heterocycles. The van der Waals surface area contributed by atoms with Crippen LogP contribution in [-0.2, 0) is 21.3 Å². The molecular weight excluding hydrogens is 268 g/mol. The summed E-state index contributed by atoms with van der Waals surface area (Å²) in [7, 11) is -3.56. The van der Waals surface area contributed by atoms with Gasteiger partial charge in [0.15, 0.2) is 0 Å². The fourth-order valence-corrected chi connectivity index (χ4v) is 3.56. The maximum atomic E-state index is 12.4. The zero-order valence-corrected chi connectivity index (χ0v) is 12.1. The molecule has 2 heterocycles. The summed E-state index contributed by atoms with van der Waals surface area (Å²) in [6, 6.07) is 3.05. The molecule has 0 amide bonds. The summed E-state index contributed by atoms with van der Waals surface area (Å²) in [5.74, 6) is 0.626. The predicted molar refractivity (Wildman–Crippen MR) is 70.3 cm³/mol. The number of ether oxygens (including phenoxy) is 1. The van der Waals surface area contributed by atoms with Gasteiger partial charge in [-0.1, -0.05) is 6.92 Å². The minimum Gasteiger partial charge on any atom is -0.447 e. The van der Waals surface area contributed by atoms with Crippen molar-refractivity contribution in [3.8, 4) is 0 Å². The minimum absolute atomic E-state index is 0.00848. The maximum Gasteiger partial charge on any atom is 0.276 e. The van der Waals surface area contributed by atoms with Gasteiger partial charge >= 0.3 is 0 Å². The van der Waals surface area contributed by atoms with E-state index < -0.39 is 10.0 Å². The Morgan fingerprint density at radius 2 is 2.26 bits per heavy atom. The molecule has 0 aliphatic carbocycles. The van der Waals surface area contributed by atoms with E-state index in [1.165, 1.54) is 10.4 Å². The van der Waals surface area contributed by atoms with Gasteiger partial charge in [-0.3, -0.25) is 0 Å². The van der Waals surface area contributed by atoms with Gasteiger partial charge in [0.25, 0.3) is 10.0 Å². The van der Waals surface area contributed by atoms with Crippen LogP contribution < -0.4 is 5.32 Å². The van der Waals surface area contributed by atoms with Gasteiger partial charge in [0.2, 0.25) is 5.09 Å². The molecule has 1 aromatic rings. The molecule has 1 fully saturated rings. The summed E-state index contributed by atoms with van der Waals surface area (Å²) in [6.07, 6.45) is 0. The average Bonchev–Trinajstić information content (AvgIpc) is 2.86. The van der Waals surface area contributed by atoms with Gasteiger partial charge < -0.3 is 14.5 Å². The van der Waals surface area contributed by atoms with Crippen molar-refractivity contribution in [2.45, 2.75) is 31.5 Å². The summed E-state index contributed by atoms with van der Waals surface area (Å²) in [4.78, 5) is 0. The average molecular weight is 288 g/mol. The predicted octanol–water partition coefficient (Wildman–Crippen LogP) is 0.798. The number of nitrogens with zero attached hydrogens (tertiary/aromatic N) is 1. The Morgan fingerprint density at radius 3 is 2.95 bits per heavy atom. The van der Waals surface area contributed by atoms with Crippen molar-refractivity contribution in [2.24, 2.45) is 0 Å². The molecule has 0 radical (unpaired) electrons. The first-order valence-corrected chi connectivity index (χ1v) is 7.88. The van der Waals surface area contributed by atoms with E-state index in [1.807, 2.05) is 13.8 Å². The van der Waals surface area contributed by atoms with Crippen LogP contribution in [0.3, 0.4) is 0 Å². The molecular formula is C12H20N2O4S. The van der Waals surface area contributed by atoms with Gasteiger partial charge in [-0.05, 0) is 25.6 Å². The fourth-order valence-electron chi connectivity index (χ4n) is 2.02. The highest BCUT2D eigenvalue weighted by Crippen LogP contribution is 2.22. The van der Waals surface area contributed by atoms with Crippen LogP contribution in [0, 0.1) is 0 Å². The Morgan fingerprint density at radius 1 is 1.47 bits per heavy atom. The number of furan rings is 1. The second kappa shape index (κ2) is 6.04. The van der Waals surface area contributed by atoms with Crippen LogP contribution in [0.1, 0.15) is 19.6 Å². The summed E-state index contributed by atoms with van der Waals surface area (Å²) in [6.45, 7) is 6.37. The molecule has 1 unspecified atom stereocenters. The Balaban J connectivity index is 2.16. The van der Waals surface area contributed by atoms with E-state index >= 15 is 0 Å². The molecule has 6 nitrogen and oxygen atoms in total. The third kappa shape index (κ3) is 3.17. The maximum absolute atomic E-state index is 12.4. The lowest BCUT2D eigenvalue weighted by atomic mass is 10.3. The van der Waals surface area contributed by atoms with E-state index in [0.717, 1.165) is 6.54 Å². The van der Waals surface area contributed by atoms with Crippen molar-refractivity contribution < 1.29 is 17.6 Å². The van der Waals surface area contributed by atoms with Gasteiger partial charge in [0, 0.05) is 12.6 Å². The quantitative estimate of drug-likeness (QED) is 0.867. The molecule has 1 N–H and O–H groups in total. The fraction of sp³-hybridized carbons (Fsp3) is 0.667. The zero-order chi connectivity index (χ0) is 13.9. The number of nitrogens with one attached hydrogen (secondary N) is 1. The number of hydrogen-bond acceptors (Lipinski definition) is 5. The number of sulfonamides is 1. The standard InChI is InChI=1S/C12H20N2O4S/c1-3-13-8-11-4-5-12(18-11)19(15,16)14-6-7-17-9-10(14)2/h4-5,10,13H,3,6-9H2,1-2H3. The van der Waals surface area contributed by atoms with Gasteiger partial charge in [-0.15, -0.1) is 0 Å². The summed E-state index contributed by atoms with van der Waals surface area (Å²) in [5.41, 5.74) is 0. The Labute approximate surface area is 113 Å².